The molecule has 0 saturated carbocycles. The lowest BCUT2D eigenvalue weighted by molar-refractivity contribution is -0.164. The first-order valence-corrected chi connectivity index (χ1v) is 11.7. The first-order chi connectivity index (χ1) is 15.0. The fraction of sp³-hybridized carbons (Fsp3) is 0.625. The molecule has 4 aliphatic rings. The van der Waals surface area contributed by atoms with Gasteiger partial charge in [-0.3, -0.25) is 14.4 Å². The normalized spacial score (nSPS) is 28.2. The Kier molecular flexibility index (Phi) is 5.44. The number of nitrogens with one attached hydrogen (secondary N) is 1. The lowest BCUT2D eigenvalue weighted by Crippen LogP contribution is -2.73. The van der Waals surface area contributed by atoms with Crippen molar-refractivity contribution in [3.05, 3.63) is 35.4 Å². The molecule has 1 aliphatic carbocycles. The lowest BCUT2D eigenvalue weighted by atomic mass is 9.65. The summed E-state index contributed by atoms with van der Waals surface area (Å²) in [4.78, 5) is 39.7. The van der Waals surface area contributed by atoms with Crippen LogP contribution in [0.15, 0.2) is 24.3 Å². The quantitative estimate of drug-likeness (QED) is 0.718. The molecule has 1 aromatic carbocycles. The van der Waals surface area contributed by atoms with Crippen LogP contribution in [0.5, 0.6) is 0 Å². The largest absolute Gasteiger partial charge is 0.481 e. The van der Waals surface area contributed by atoms with Crippen molar-refractivity contribution in [3.8, 4) is 0 Å². The number of hydrazine groups is 1. The molecule has 3 heterocycles. The van der Waals surface area contributed by atoms with E-state index in [0.29, 0.717) is 36.4 Å². The van der Waals surface area contributed by atoms with Crippen molar-refractivity contribution in [2.45, 2.75) is 44.1 Å². The molecule has 31 heavy (non-hydrogen) atoms. The molecular formula is C24H31N3O4. The van der Waals surface area contributed by atoms with E-state index in [9.17, 15) is 19.5 Å². The first-order valence-electron chi connectivity index (χ1n) is 11.7. The van der Waals surface area contributed by atoms with Gasteiger partial charge in [0.2, 0.25) is 0 Å². The lowest BCUT2D eigenvalue weighted by Gasteiger charge is -2.54. The number of ketones is 2. The number of aliphatic carboxylic acids is 1. The van der Waals surface area contributed by atoms with Gasteiger partial charge in [-0.1, -0.05) is 18.2 Å². The Morgan fingerprint density at radius 2 is 1.55 bits per heavy atom. The van der Waals surface area contributed by atoms with Crippen molar-refractivity contribution in [3.63, 3.8) is 0 Å². The summed E-state index contributed by atoms with van der Waals surface area (Å²) in [6.45, 7) is 4.26. The number of carboxylic acids is 1. The molecule has 1 unspecified atom stereocenters. The Hall–Kier alpha value is -2.09. The number of fused-ring (bicyclic) bond motifs is 2. The van der Waals surface area contributed by atoms with Gasteiger partial charge in [-0.05, 0) is 69.5 Å². The van der Waals surface area contributed by atoms with Crippen molar-refractivity contribution in [2.24, 2.45) is 17.8 Å². The van der Waals surface area contributed by atoms with Crippen molar-refractivity contribution >= 4 is 17.5 Å². The summed E-state index contributed by atoms with van der Waals surface area (Å²) in [6.07, 6.45) is 5.50. The highest BCUT2D eigenvalue weighted by atomic mass is 16.4. The van der Waals surface area contributed by atoms with Crippen molar-refractivity contribution < 1.29 is 19.5 Å². The number of piperidine rings is 3. The number of carbonyl (C=O) groups excluding carboxylic acids is 2. The highest BCUT2D eigenvalue weighted by Crippen LogP contribution is 2.44. The van der Waals surface area contributed by atoms with E-state index in [-0.39, 0.29) is 11.6 Å². The monoisotopic (exact) mass is 425 g/mol. The van der Waals surface area contributed by atoms with E-state index < -0.39 is 17.4 Å². The number of hydrogen-bond acceptors (Lipinski definition) is 6. The molecule has 5 rings (SSSR count). The van der Waals surface area contributed by atoms with Crippen LogP contribution in [0.25, 0.3) is 0 Å². The second-order valence-electron chi connectivity index (χ2n) is 9.54. The molecular weight excluding hydrogens is 394 g/mol. The molecule has 2 bridgehead atoms. The van der Waals surface area contributed by atoms with E-state index in [2.05, 4.69) is 10.3 Å². The van der Waals surface area contributed by atoms with Crippen molar-refractivity contribution in [2.75, 3.05) is 32.7 Å². The zero-order chi connectivity index (χ0) is 21.6. The average Bonchev–Trinajstić information content (AvgIpc) is 2.82. The van der Waals surface area contributed by atoms with Gasteiger partial charge >= 0.3 is 5.97 Å². The number of hydrogen-bond donors (Lipinski definition) is 2. The Morgan fingerprint density at radius 1 is 0.935 bits per heavy atom. The molecule has 7 nitrogen and oxygen atoms in total. The zero-order valence-corrected chi connectivity index (χ0v) is 17.9. The molecule has 1 spiro atoms. The third kappa shape index (κ3) is 3.25. The smallest absolute Gasteiger partial charge is 0.309 e. The van der Waals surface area contributed by atoms with Gasteiger partial charge in [0, 0.05) is 30.8 Å². The van der Waals surface area contributed by atoms with Crippen LogP contribution in [0, 0.1) is 17.8 Å². The van der Waals surface area contributed by atoms with Gasteiger partial charge in [-0.15, -0.1) is 0 Å². The van der Waals surface area contributed by atoms with Crippen LogP contribution in [0.2, 0.25) is 0 Å². The summed E-state index contributed by atoms with van der Waals surface area (Å²) in [5.74, 6) is -1.37. The van der Waals surface area contributed by atoms with Gasteiger partial charge in [-0.2, -0.15) is 0 Å². The molecule has 0 aromatic heterocycles. The fourth-order valence-corrected chi connectivity index (χ4v) is 6.49. The molecule has 1 atom stereocenters. The van der Waals surface area contributed by atoms with Gasteiger partial charge in [0.25, 0.3) is 0 Å². The van der Waals surface area contributed by atoms with Crippen LogP contribution < -0.4 is 5.32 Å². The van der Waals surface area contributed by atoms with E-state index >= 15 is 0 Å². The van der Waals surface area contributed by atoms with Gasteiger partial charge in [0.1, 0.15) is 0 Å². The molecule has 166 valence electrons. The first kappa shape index (κ1) is 20.8. The number of benzene rings is 1. The SMILES string of the molecule is O=C(O)C1CCCN(N2CCC(C3CCNCC3)CC2)C12C(=O)c1cccc(c1)C2=O. The van der Waals surface area contributed by atoms with Crippen LogP contribution in [-0.4, -0.2) is 70.9 Å². The summed E-state index contributed by atoms with van der Waals surface area (Å²) in [5, 5.41) is 17.5. The maximum absolute atomic E-state index is 13.7. The predicted molar refractivity (Wildman–Crippen MR) is 115 cm³/mol. The number of Topliss-reactive ketones (excluding diaryl/α,β-unsaturated/α-hetero) is 2. The number of rotatable bonds is 3. The molecule has 0 radical (unpaired) electrons. The standard InChI is InChI=1S/C24H31N3O4/c28-21-18-3-1-4-19(15-18)22(29)24(21)20(23(30)31)5-2-12-27(24)26-13-8-17(9-14-26)16-6-10-25-11-7-16/h1,3-4,15-17,20,25H,2,5-14H2,(H,30,31). The van der Waals surface area contributed by atoms with Gasteiger partial charge < -0.3 is 10.4 Å². The minimum absolute atomic E-state index is 0.346. The average molecular weight is 426 g/mol. The Morgan fingerprint density at radius 3 is 2.16 bits per heavy atom. The second kappa shape index (κ2) is 8.11. The molecule has 3 fully saturated rings. The van der Waals surface area contributed by atoms with Gasteiger partial charge in [-0.25, -0.2) is 10.0 Å². The molecule has 3 aliphatic heterocycles. The van der Waals surface area contributed by atoms with Gasteiger partial charge in [0.05, 0.1) is 5.92 Å². The van der Waals surface area contributed by atoms with E-state index in [1.807, 2.05) is 5.01 Å². The highest BCUT2D eigenvalue weighted by molar-refractivity contribution is 6.28. The van der Waals surface area contributed by atoms with Crippen LogP contribution >= 0.6 is 0 Å². The second-order valence-corrected chi connectivity index (χ2v) is 9.54. The van der Waals surface area contributed by atoms with Crippen molar-refractivity contribution in [1.29, 1.82) is 0 Å². The zero-order valence-electron chi connectivity index (χ0n) is 17.9. The summed E-state index contributed by atoms with van der Waals surface area (Å²) >= 11 is 0. The van der Waals surface area contributed by atoms with Crippen LogP contribution in [0.3, 0.4) is 0 Å². The number of carboxylic acid groups (broad SMARTS) is 1. The Labute approximate surface area is 182 Å². The maximum Gasteiger partial charge on any atom is 0.309 e. The number of carbonyl (C=O) groups is 3. The third-order valence-corrected chi connectivity index (χ3v) is 8.06. The minimum atomic E-state index is -1.65. The highest BCUT2D eigenvalue weighted by Gasteiger charge is 2.63. The van der Waals surface area contributed by atoms with E-state index in [4.69, 9.17) is 0 Å². The van der Waals surface area contributed by atoms with E-state index in [1.54, 1.807) is 24.3 Å². The summed E-state index contributed by atoms with van der Waals surface area (Å²) in [6, 6.07) is 6.73. The van der Waals surface area contributed by atoms with Crippen molar-refractivity contribution in [1.82, 2.24) is 15.3 Å². The van der Waals surface area contributed by atoms with E-state index in [0.717, 1.165) is 44.9 Å². The van der Waals surface area contributed by atoms with Crippen LogP contribution in [-0.2, 0) is 4.79 Å². The molecule has 2 N–H and O–H groups in total. The van der Waals surface area contributed by atoms with Crippen LogP contribution in [0.1, 0.15) is 59.2 Å². The third-order valence-electron chi connectivity index (χ3n) is 8.06. The molecule has 1 aromatic rings. The van der Waals surface area contributed by atoms with Crippen LogP contribution in [0.4, 0.5) is 0 Å². The predicted octanol–water partition coefficient (Wildman–Crippen LogP) is 2.23. The fourth-order valence-electron chi connectivity index (χ4n) is 6.49. The molecule has 3 saturated heterocycles. The van der Waals surface area contributed by atoms with E-state index in [1.165, 1.54) is 12.8 Å². The minimum Gasteiger partial charge on any atom is -0.481 e. The Bertz CT molecular complexity index is 855. The summed E-state index contributed by atoms with van der Waals surface area (Å²) in [7, 11) is 0. The number of nitrogens with zero attached hydrogens (tertiary/aromatic N) is 2. The topological polar surface area (TPSA) is 89.9 Å². The molecule has 7 heteroatoms. The summed E-state index contributed by atoms with van der Waals surface area (Å²) < 4.78 is 0. The Balaban J connectivity index is 1.45. The summed E-state index contributed by atoms with van der Waals surface area (Å²) in [5.41, 5.74) is -0.758. The van der Waals surface area contributed by atoms with Gasteiger partial charge in [0.15, 0.2) is 17.1 Å². The molecule has 0 amide bonds. The maximum atomic E-state index is 13.7.